The summed E-state index contributed by atoms with van der Waals surface area (Å²) in [7, 11) is -1.27. The third-order valence-corrected chi connectivity index (χ3v) is 4.19. The van der Waals surface area contributed by atoms with Crippen molar-refractivity contribution in [2.45, 2.75) is 51.1 Å². The van der Waals surface area contributed by atoms with E-state index in [2.05, 4.69) is 19.6 Å². The highest BCUT2D eigenvalue weighted by Gasteiger charge is 2.40. The second-order valence-electron chi connectivity index (χ2n) is 5.62. The summed E-state index contributed by atoms with van der Waals surface area (Å²) >= 11 is 0. The number of alkyl halides is 3. The van der Waals surface area contributed by atoms with Crippen molar-refractivity contribution in [3.05, 3.63) is 11.6 Å². The molecule has 1 rings (SSSR count). The Bertz CT molecular complexity index is 248. The van der Waals surface area contributed by atoms with Gasteiger partial charge in [-0.2, -0.15) is 13.2 Å². The van der Waals surface area contributed by atoms with Crippen LogP contribution < -0.4 is 0 Å². The summed E-state index contributed by atoms with van der Waals surface area (Å²) in [6, 6.07) is 0.916. The molecule has 0 bridgehead atoms. The van der Waals surface area contributed by atoms with Crippen LogP contribution in [0.3, 0.4) is 0 Å². The lowest BCUT2D eigenvalue weighted by atomic mass is 9.89. The van der Waals surface area contributed by atoms with Gasteiger partial charge in [0.15, 0.2) is 0 Å². The fraction of sp³-hybridized carbons (Fsp3) is 0.818. The first-order valence-electron chi connectivity index (χ1n) is 5.43. The van der Waals surface area contributed by atoms with Crippen LogP contribution in [-0.2, 0) is 0 Å². The Morgan fingerprint density at radius 3 is 2.40 bits per heavy atom. The molecule has 88 valence electrons. The number of halogens is 3. The van der Waals surface area contributed by atoms with Gasteiger partial charge in [0.1, 0.15) is 0 Å². The van der Waals surface area contributed by atoms with Gasteiger partial charge in [-0.1, -0.05) is 31.3 Å². The van der Waals surface area contributed by atoms with E-state index in [4.69, 9.17) is 0 Å². The van der Waals surface area contributed by atoms with Gasteiger partial charge in [-0.3, -0.25) is 0 Å². The van der Waals surface area contributed by atoms with Gasteiger partial charge in [0.05, 0.1) is 5.92 Å². The minimum Gasteiger partial charge on any atom is -0.171 e. The first-order chi connectivity index (χ1) is 6.68. The van der Waals surface area contributed by atoms with E-state index in [0.717, 1.165) is 11.6 Å². The van der Waals surface area contributed by atoms with Crippen molar-refractivity contribution < 1.29 is 13.2 Å². The molecule has 0 fully saturated rings. The van der Waals surface area contributed by atoms with Crippen molar-refractivity contribution in [3.8, 4) is 0 Å². The molecule has 1 unspecified atom stereocenters. The summed E-state index contributed by atoms with van der Waals surface area (Å²) in [5.41, 5.74) is 1.04. The Morgan fingerprint density at radius 1 is 1.33 bits per heavy atom. The first-order valence-corrected chi connectivity index (χ1v) is 9.14. The van der Waals surface area contributed by atoms with Crippen molar-refractivity contribution in [2.24, 2.45) is 5.92 Å². The molecule has 4 heteroatoms. The molecule has 1 aliphatic carbocycles. The van der Waals surface area contributed by atoms with Gasteiger partial charge >= 0.3 is 6.18 Å². The maximum absolute atomic E-state index is 12.5. The molecule has 15 heavy (non-hydrogen) atoms. The maximum atomic E-state index is 12.5. The van der Waals surface area contributed by atoms with Crippen LogP contribution in [0.2, 0.25) is 25.7 Å². The SMILES string of the molecule is C[Si](C)(C)CC1=CCCC(C(F)(F)F)C1. The predicted molar refractivity (Wildman–Crippen MR) is 59.6 cm³/mol. The van der Waals surface area contributed by atoms with E-state index in [1.54, 1.807) is 0 Å². The highest BCUT2D eigenvalue weighted by atomic mass is 28.3. The molecule has 0 heterocycles. The van der Waals surface area contributed by atoms with Gasteiger partial charge in [-0.25, -0.2) is 0 Å². The van der Waals surface area contributed by atoms with E-state index in [1.807, 2.05) is 6.08 Å². The summed E-state index contributed by atoms with van der Waals surface area (Å²) in [6.45, 7) is 6.60. The molecule has 0 saturated carbocycles. The smallest absolute Gasteiger partial charge is 0.171 e. The van der Waals surface area contributed by atoms with Crippen LogP contribution >= 0.6 is 0 Å². The van der Waals surface area contributed by atoms with Crippen LogP contribution in [-0.4, -0.2) is 14.3 Å². The molecule has 0 spiro atoms. The Kier molecular flexibility index (Phi) is 3.69. The molecule has 0 radical (unpaired) electrons. The Balaban J connectivity index is 2.60. The Hall–Kier alpha value is -0.253. The monoisotopic (exact) mass is 236 g/mol. The third-order valence-electron chi connectivity index (χ3n) is 2.68. The number of hydrogen-bond acceptors (Lipinski definition) is 0. The number of hydrogen-bond donors (Lipinski definition) is 0. The van der Waals surface area contributed by atoms with E-state index in [0.29, 0.717) is 6.42 Å². The van der Waals surface area contributed by atoms with Gasteiger partial charge in [0.2, 0.25) is 0 Å². The van der Waals surface area contributed by atoms with Crippen LogP contribution in [0.15, 0.2) is 11.6 Å². The van der Waals surface area contributed by atoms with Crippen molar-refractivity contribution in [1.82, 2.24) is 0 Å². The Labute approximate surface area is 90.6 Å². The molecule has 0 aliphatic heterocycles. The van der Waals surface area contributed by atoms with Crippen LogP contribution in [0, 0.1) is 5.92 Å². The zero-order chi connectivity index (χ0) is 11.7. The lowest BCUT2D eigenvalue weighted by Crippen LogP contribution is -2.27. The summed E-state index contributed by atoms with van der Waals surface area (Å²) in [5.74, 6) is -1.09. The standard InChI is InChI=1S/C11H19F3Si/c1-15(2,3)8-9-5-4-6-10(7-9)11(12,13)14/h5,10H,4,6-8H2,1-3H3. The topological polar surface area (TPSA) is 0 Å². The molecule has 0 saturated heterocycles. The second-order valence-corrected chi connectivity index (χ2v) is 11.1. The normalized spacial score (nSPS) is 23.9. The lowest BCUT2D eigenvalue weighted by molar-refractivity contribution is -0.176. The van der Waals surface area contributed by atoms with Crippen LogP contribution in [0.4, 0.5) is 13.2 Å². The van der Waals surface area contributed by atoms with Crippen LogP contribution in [0.5, 0.6) is 0 Å². The predicted octanol–water partition coefficient (Wildman–Crippen LogP) is 4.61. The van der Waals surface area contributed by atoms with Crippen LogP contribution in [0.25, 0.3) is 0 Å². The molecule has 1 atom stereocenters. The molecule has 1 aliphatic rings. The fourth-order valence-electron chi connectivity index (χ4n) is 2.10. The minimum absolute atomic E-state index is 0.244. The van der Waals surface area contributed by atoms with E-state index < -0.39 is 20.2 Å². The van der Waals surface area contributed by atoms with E-state index in [1.165, 1.54) is 0 Å². The summed E-state index contributed by atoms with van der Waals surface area (Å²) in [5, 5.41) is 0. The second kappa shape index (κ2) is 4.32. The summed E-state index contributed by atoms with van der Waals surface area (Å²) < 4.78 is 37.6. The zero-order valence-electron chi connectivity index (χ0n) is 9.62. The molecule has 0 aromatic carbocycles. The maximum Gasteiger partial charge on any atom is 0.392 e. The van der Waals surface area contributed by atoms with E-state index in [-0.39, 0.29) is 12.8 Å². The highest BCUT2D eigenvalue weighted by Crippen LogP contribution is 2.39. The molecule has 0 aromatic rings. The number of allylic oxidation sites excluding steroid dienone is 2. The first kappa shape index (κ1) is 12.8. The Morgan fingerprint density at radius 2 is 1.93 bits per heavy atom. The molecule has 0 N–H and O–H groups in total. The average Bonchev–Trinajstić information content (AvgIpc) is 1.99. The van der Waals surface area contributed by atoms with E-state index in [9.17, 15) is 13.2 Å². The minimum atomic E-state index is -4.00. The van der Waals surface area contributed by atoms with Crippen molar-refractivity contribution in [2.75, 3.05) is 0 Å². The summed E-state index contributed by atoms with van der Waals surface area (Å²) in [4.78, 5) is 0. The largest absolute Gasteiger partial charge is 0.392 e. The van der Waals surface area contributed by atoms with E-state index >= 15 is 0 Å². The van der Waals surface area contributed by atoms with Gasteiger partial charge in [0, 0.05) is 8.07 Å². The van der Waals surface area contributed by atoms with Gasteiger partial charge in [-0.15, -0.1) is 0 Å². The number of rotatable bonds is 2. The quantitative estimate of drug-likeness (QED) is 0.485. The fourth-order valence-corrected chi connectivity index (χ4v) is 3.75. The zero-order valence-corrected chi connectivity index (χ0v) is 10.6. The highest BCUT2D eigenvalue weighted by molar-refractivity contribution is 6.76. The molecular formula is C11H19F3Si. The summed E-state index contributed by atoms with van der Waals surface area (Å²) in [6.07, 6.45) is -0.851. The molecule has 0 aromatic heterocycles. The molecular weight excluding hydrogens is 217 g/mol. The third kappa shape index (κ3) is 4.41. The molecule has 0 amide bonds. The molecule has 0 nitrogen and oxygen atoms in total. The van der Waals surface area contributed by atoms with Crippen LogP contribution in [0.1, 0.15) is 19.3 Å². The van der Waals surface area contributed by atoms with Gasteiger partial charge in [-0.05, 0) is 25.3 Å². The van der Waals surface area contributed by atoms with Gasteiger partial charge < -0.3 is 0 Å². The average molecular weight is 236 g/mol. The lowest BCUT2D eigenvalue weighted by Gasteiger charge is -2.27. The van der Waals surface area contributed by atoms with Crippen molar-refractivity contribution >= 4 is 8.07 Å². The van der Waals surface area contributed by atoms with Crippen molar-refractivity contribution in [3.63, 3.8) is 0 Å². The van der Waals surface area contributed by atoms with Gasteiger partial charge in [0.25, 0.3) is 0 Å². The van der Waals surface area contributed by atoms with Crippen molar-refractivity contribution in [1.29, 1.82) is 0 Å².